The second kappa shape index (κ2) is 6.58. The van der Waals surface area contributed by atoms with E-state index >= 15 is 0 Å². The van der Waals surface area contributed by atoms with Gasteiger partial charge in [0.1, 0.15) is 0 Å². The number of carboxylic acid groups (broad SMARTS) is 1. The summed E-state index contributed by atoms with van der Waals surface area (Å²) >= 11 is 0. The third-order valence-corrected chi connectivity index (χ3v) is 3.57. The number of nitrogens with one attached hydrogen (secondary N) is 2. The smallest absolute Gasteiger partial charge is 0.315 e. The largest absolute Gasteiger partial charge is 0.481 e. The topological polar surface area (TPSA) is 95.5 Å². The Labute approximate surface area is 103 Å². The van der Waals surface area contributed by atoms with Crippen molar-refractivity contribution in [3.05, 3.63) is 0 Å². The van der Waals surface area contributed by atoms with Gasteiger partial charge in [-0.3, -0.25) is 9.00 Å². The molecule has 1 aliphatic rings. The third-order valence-electron chi connectivity index (χ3n) is 2.79. The predicted molar refractivity (Wildman–Crippen MR) is 64.2 cm³/mol. The zero-order valence-electron chi connectivity index (χ0n) is 9.77. The van der Waals surface area contributed by atoms with E-state index < -0.39 is 16.8 Å². The van der Waals surface area contributed by atoms with Gasteiger partial charge in [0.25, 0.3) is 0 Å². The molecular formula is C10H18N2O4S. The highest BCUT2D eigenvalue weighted by atomic mass is 32.2. The molecular weight excluding hydrogens is 244 g/mol. The van der Waals surface area contributed by atoms with E-state index in [4.69, 9.17) is 5.11 Å². The second-order valence-corrected chi connectivity index (χ2v) is 5.78. The maximum absolute atomic E-state index is 11.4. The fourth-order valence-corrected chi connectivity index (χ4v) is 2.27. The maximum atomic E-state index is 11.4. The van der Waals surface area contributed by atoms with Crippen LogP contribution in [-0.2, 0) is 15.6 Å². The molecule has 0 aliphatic heterocycles. The zero-order chi connectivity index (χ0) is 12.8. The van der Waals surface area contributed by atoms with Gasteiger partial charge in [-0.2, -0.15) is 0 Å². The summed E-state index contributed by atoms with van der Waals surface area (Å²) in [6.07, 6.45) is 3.37. The van der Waals surface area contributed by atoms with Crippen LogP contribution in [0.15, 0.2) is 0 Å². The van der Waals surface area contributed by atoms with Crippen molar-refractivity contribution >= 4 is 22.8 Å². The molecule has 2 amide bonds. The van der Waals surface area contributed by atoms with E-state index in [1.165, 1.54) is 0 Å². The molecule has 98 valence electrons. The lowest BCUT2D eigenvalue weighted by Gasteiger charge is -2.13. The van der Waals surface area contributed by atoms with Gasteiger partial charge in [0.15, 0.2) is 0 Å². The molecule has 6 nitrogen and oxygen atoms in total. The zero-order valence-corrected chi connectivity index (χ0v) is 10.6. The van der Waals surface area contributed by atoms with E-state index in [1.807, 2.05) is 0 Å². The minimum Gasteiger partial charge on any atom is -0.481 e. The van der Waals surface area contributed by atoms with Gasteiger partial charge >= 0.3 is 12.0 Å². The van der Waals surface area contributed by atoms with Gasteiger partial charge in [-0.05, 0) is 19.3 Å². The summed E-state index contributed by atoms with van der Waals surface area (Å²) < 4.78 is 10.8. The van der Waals surface area contributed by atoms with E-state index in [2.05, 4.69) is 10.6 Å². The van der Waals surface area contributed by atoms with Crippen molar-refractivity contribution < 1.29 is 18.9 Å². The van der Waals surface area contributed by atoms with E-state index in [-0.39, 0.29) is 18.0 Å². The fourth-order valence-electron chi connectivity index (χ4n) is 1.88. The normalized spacial score (nSPS) is 25.2. The van der Waals surface area contributed by atoms with Crippen LogP contribution in [-0.4, -0.2) is 45.9 Å². The Hall–Kier alpha value is -1.11. The first-order valence-electron chi connectivity index (χ1n) is 5.56. The Balaban J connectivity index is 2.19. The number of urea groups is 1. The predicted octanol–water partition coefficient (Wildman–Crippen LogP) is -0.0826. The number of carbonyl (C=O) groups is 2. The van der Waals surface area contributed by atoms with Crippen molar-refractivity contribution in [2.24, 2.45) is 5.92 Å². The molecule has 7 heteroatoms. The van der Waals surface area contributed by atoms with Crippen LogP contribution >= 0.6 is 0 Å². The highest BCUT2D eigenvalue weighted by Crippen LogP contribution is 2.25. The molecule has 1 fully saturated rings. The number of carbonyl (C=O) groups excluding carboxylic acids is 1. The van der Waals surface area contributed by atoms with Crippen LogP contribution in [0.4, 0.5) is 4.79 Å². The molecule has 1 aliphatic carbocycles. The molecule has 17 heavy (non-hydrogen) atoms. The molecule has 3 unspecified atom stereocenters. The molecule has 0 aromatic carbocycles. The monoisotopic (exact) mass is 262 g/mol. The van der Waals surface area contributed by atoms with Gasteiger partial charge < -0.3 is 15.7 Å². The summed E-state index contributed by atoms with van der Waals surface area (Å²) in [5.41, 5.74) is 0. The molecule has 3 atom stereocenters. The average Bonchev–Trinajstić information content (AvgIpc) is 2.65. The number of rotatable bonds is 5. The quantitative estimate of drug-likeness (QED) is 0.645. The first-order chi connectivity index (χ1) is 7.99. The van der Waals surface area contributed by atoms with Gasteiger partial charge in [0.2, 0.25) is 0 Å². The van der Waals surface area contributed by atoms with Gasteiger partial charge in [-0.1, -0.05) is 0 Å². The maximum Gasteiger partial charge on any atom is 0.315 e. The lowest BCUT2D eigenvalue weighted by molar-refractivity contribution is -0.141. The lowest BCUT2D eigenvalue weighted by atomic mass is 10.1. The van der Waals surface area contributed by atoms with Gasteiger partial charge in [0, 0.05) is 35.4 Å². The number of hydrogen-bond donors (Lipinski definition) is 3. The SMILES string of the molecule is CS(=O)CCNC(=O)NC1CCC(C(=O)O)C1. The van der Waals surface area contributed by atoms with Crippen molar-refractivity contribution in [2.45, 2.75) is 25.3 Å². The molecule has 0 radical (unpaired) electrons. The Bertz CT molecular complexity index is 321. The molecule has 1 saturated carbocycles. The number of amides is 2. The van der Waals surface area contributed by atoms with E-state index in [1.54, 1.807) is 6.26 Å². The summed E-state index contributed by atoms with van der Waals surface area (Å²) in [5, 5.41) is 14.1. The summed E-state index contributed by atoms with van der Waals surface area (Å²) in [5.74, 6) is -0.713. The standard InChI is InChI=1S/C10H18N2O4S/c1-17(16)5-4-11-10(15)12-8-3-2-7(6-8)9(13)14/h7-8H,2-6H2,1H3,(H,13,14)(H2,11,12,15). The summed E-state index contributed by atoms with van der Waals surface area (Å²) in [4.78, 5) is 22.1. The van der Waals surface area contributed by atoms with Crippen LogP contribution in [0.25, 0.3) is 0 Å². The average molecular weight is 262 g/mol. The van der Waals surface area contributed by atoms with E-state index in [0.29, 0.717) is 31.6 Å². The van der Waals surface area contributed by atoms with E-state index in [0.717, 1.165) is 0 Å². The van der Waals surface area contributed by atoms with Crippen LogP contribution in [0, 0.1) is 5.92 Å². The highest BCUT2D eigenvalue weighted by molar-refractivity contribution is 7.84. The van der Waals surface area contributed by atoms with Crippen LogP contribution < -0.4 is 10.6 Å². The molecule has 0 heterocycles. The minimum absolute atomic E-state index is 0.0665. The lowest BCUT2D eigenvalue weighted by Crippen LogP contribution is -2.42. The molecule has 0 saturated heterocycles. The van der Waals surface area contributed by atoms with Gasteiger partial charge in [-0.15, -0.1) is 0 Å². The Morgan fingerprint density at radius 2 is 2.12 bits per heavy atom. The Morgan fingerprint density at radius 3 is 2.65 bits per heavy atom. The highest BCUT2D eigenvalue weighted by Gasteiger charge is 2.30. The Morgan fingerprint density at radius 1 is 1.41 bits per heavy atom. The number of aliphatic carboxylic acids is 1. The van der Waals surface area contributed by atoms with E-state index in [9.17, 15) is 13.8 Å². The van der Waals surface area contributed by atoms with Crippen LogP contribution in [0.3, 0.4) is 0 Å². The Kier molecular flexibility index (Phi) is 5.40. The first-order valence-corrected chi connectivity index (χ1v) is 7.29. The molecule has 0 aromatic heterocycles. The summed E-state index contributed by atoms with van der Waals surface area (Å²) in [7, 11) is -0.918. The molecule has 0 spiro atoms. The number of hydrogen-bond acceptors (Lipinski definition) is 3. The third kappa shape index (κ3) is 5.16. The van der Waals surface area contributed by atoms with Crippen molar-refractivity contribution in [1.82, 2.24) is 10.6 Å². The molecule has 0 bridgehead atoms. The minimum atomic E-state index is -0.918. The summed E-state index contributed by atoms with van der Waals surface area (Å²) in [6, 6.07) is -0.380. The molecule has 1 rings (SSSR count). The van der Waals surface area contributed by atoms with Crippen molar-refractivity contribution in [3.8, 4) is 0 Å². The fraction of sp³-hybridized carbons (Fsp3) is 0.800. The molecule has 0 aromatic rings. The first kappa shape index (κ1) is 14.0. The van der Waals surface area contributed by atoms with Crippen LogP contribution in [0.5, 0.6) is 0 Å². The van der Waals surface area contributed by atoms with Crippen LogP contribution in [0.1, 0.15) is 19.3 Å². The van der Waals surface area contributed by atoms with Crippen LogP contribution in [0.2, 0.25) is 0 Å². The second-order valence-electron chi connectivity index (χ2n) is 4.22. The molecule has 3 N–H and O–H groups in total. The van der Waals surface area contributed by atoms with Crippen molar-refractivity contribution in [2.75, 3.05) is 18.6 Å². The number of carboxylic acids is 1. The van der Waals surface area contributed by atoms with Crippen molar-refractivity contribution in [1.29, 1.82) is 0 Å². The van der Waals surface area contributed by atoms with Crippen molar-refractivity contribution in [3.63, 3.8) is 0 Å². The van der Waals surface area contributed by atoms with Gasteiger partial charge in [0.05, 0.1) is 5.92 Å². The summed E-state index contributed by atoms with van der Waals surface area (Å²) in [6.45, 7) is 0.365. The van der Waals surface area contributed by atoms with Gasteiger partial charge in [-0.25, -0.2) is 4.79 Å².